The Kier molecular flexibility index (Phi) is 3.26. The zero-order valence-corrected chi connectivity index (χ0v) is 14.8. The van der Waals surface area contributed by atoms with Crippen LogP contribution in [0.25, 0.3) is 11.0 Å². The second-order valence-electron chi connectivity index (χ2n) is 5.69. The number of rotatable bonds is 2. The highest BCUT2D eigenvalue weighted by Gasteiger charge is 2.28. The number of aromatic nitrogens is 4. The number of nitrogens with zero attached hydrogens (tertiary/aromatic N) is 5. The summed E-state index contributed by atoms with van der Waals surface area (Å²) in [5, 5.41) is 8.45. The van der Waals surface area contributed by atoms with E-state index in [9.17, 15) is 0 Å². The summed E-state index contributed by atoms with van der Waals surface area (Å²) in [7, 11) is 3.59. The Morgan fingerprint density at radius 2 is 2.09 bits per heavy atom. The van der Waals surface area contributed by atoms with Gasteiger partial charge in [-0.25, -0.2) is 9.67 Å². The van der Waals surface area contributed by atoms with Crippen molar-refractivity contribution >= 4 is 38.5 Å². The van der Waals surface area contributed by atoms with Gasteiger partial charge in [-0.05, 0) is 37.1 Å². The molecule has 0 saturated heterocycles. The van der Waals surface area contributed by atoms with E-state index in [0.29, 0.717) is 0 Å². The van der Waals surface area contributed by atoms with Crippen molar-refractivity contribution in [1.29, 1.82) is 0 Å². The van der Waals surface area contributed by atoms with Crippen LogP contribution in [0.1, 0.15) is 11.3 Å². The van der Waals surface area contributed by atoms with E-state index >= 15 is 0 Å². The first-order chi connectivity index (χ1) is 11.1. The second-order valence-corrected chi connectivity index (χ2v) is 6.60. The number of anilines is 2. The lowest BCUT2D eigenvalue weighted by atomic mass is 10.1. The molecule has 2 aromatic heterocycles. The summed E-state index contributed by atoms with van der Waals surface area (Å²) in [6.45, 7) is 2.84. The van der Waals surface area contributed by atoms with Crippen molar-refractivity contribution in [3.8, 4) is 5.75 Å². The van der Waals surface area contributed by atoms with Crippen LogP contribution in [-0.4, -0.2) is 33.6 Å². The molecule has 0 radical (unpaired) electrons. The summed E-state index contributed by atoms with van der Waals surface area (Å²) in [6, 6.07) is 6.14. The van der Waals surface area contributed by atoms with Crippen LogP contribution in [0.5, 0.6) is 5.75 Å². The van der Waals surface area contributed by atoms with Crippen LogP contribution in [0.4, 0.5) is 11.5 Å². The fourth-order valence-corrected chi connectivity index (χ4v) is 3.64. The molecule has 1 aromatic carbocycles. The molecule has 6 nitrogen and oxygen atoms in total. The normalized spacial score (nSPS) is 13.7. The molecule has 3 heterocycles. The van der Waals surface area contributed by atoms with Crippen molar-refractivity contribution in [3.63, 3.8) is 0 Å². The largest absolute Gasteiger partial charge is 0.495 e. The van der Waals surface area contributed by atoms with E-state index in [4.69, 9.17) is 9.72 Å². The van der Waals surface area contributed by atoms with Crippen LogP contribution in [0.3, 0.4) is 0 Å². The molecule has 1 aliphatic rings. The average molecular weight is 374 g/mol. The number of pyridine rings is 1. The minimum atomic E-state index is 0.816. The van der Waals surface area contributed by atoms with E-state index < -0.39 is 0 Å². The number of fused-ring (bicyclic) bond motifs is 2. The summed E-state index contributed by atoms with van der Waals surface area (Å²) in [6.07, 6.45) is 0.947. The zero-order chi connectivity index (χ0) is 16.1. The van der Waals surface area contributed by atoms with Gasteiger partial charge < -0.3 is 9.64 Å². The molecule has 0 unspecified atom stereocenters. The maximum absolute atomic E-state index is 5.60. The Morgan fingerprint density at radius 3 is 2.87 bits per heavy atom. The number of aryl methyl sites for hydroxylation is 2. The van der Waals surface area contributed by atoms with Gasteiger partial charge in [0.15, 0.2) is 11.3 Å². The molecule has 4 rings (SSSR count). The van der Waals surface area contributed by atoms with E-state index in [1.165, 1.54) is 5.56 Å². The zero-order valence-electron chi connectivity index (χ0n) is 13.2. The maximum Gasteiger partial charge on any atom is 0.163 e. The van der Waals surface area contributed by atoms with E-state index in [1.807, 2.05) is 26.1 Å². The Morgan fingerprint density at radius 1 is 1.26 bits per heavy atom. The molecule has 0 fully saturated rings. The van der Waals surface area contributed by atoms with Crippen molar-refractivity contribution in [2.45, 2.75) is 13.3 Å². The van der Waals surface area contributed by atoms with Crippen molar-refractivity contribution < 1.29 is 4.74 Å². The molecule has 118 valence electrons. The molecule has 0 amide bonds. The molecule has 7 heteroatoms. The first-order valence-electron chi connectivity index (χ1n) is 7.39. The van der Waals surface area contributed by atoms with Gasteiger partial charge >= 0.3 is 0 Å². The highest BCUT2D eigenvalue weighted by molar-refractivity contribution is 9.10. The molecule has 0 atom stereocenters. The van der Waals surface area contributed by atoms with Crippen LogP contribution >= 0.6 is 15.9 Å². The van der Waals surface area contributed by atoms with Crippen molar-refractivity contribution in [1.82, 2.24) is 20.0 Å². The molecule has 0 N–H and O–H groups in total. The van der Waals surface area contributed by atoms with E-state index in [-0.39, 0.29) is 0 Å². The van der Waals surface area contributed by atoms with E-state index in [2.05, 4.69) is 37.2 Å². The van der Waals surface area contributed by atoms with Gasteiger partial charge in [0.05, 0.1) is 18.3 Å². The van der Waals surface area contributed by atoms with Crippen LogP contribution in [-0.2, 0) is 13.5 Å². The molecule has 0 aliphatic carbocycles. The summed E-state index contributed by atoms with van der Waals surface area (Å²) < 4.78 is 8.40. The average Bonchev–Trinajstić information content (AvgIpc) is 3.10. The molecule has 0 saturated carbocycles. The van der Waals surface area contributed by atoms with Crippen LogP contribution < -0.4 is 9.64 Å². The summed E-state index contributed by atoms with van der Waals surface area (Å²) in [5.74, 6) is 1.68. The topological polar surface area (TPSA) is 56.1 Å². The third-order valence-electron chi connectivity index (χ3n) is 4.18. The van der Waals surface area contributed by atoms with Gasteiger partial charge in [0.25, 0.3) is 0 Å². The predicted octanol–water partition coefficient (Wildman–Crippen LogP) is 3.14. The van der Waals surface area contributed by atoms with E-state index in [1.54, 1.807) is 11.8 Å². The van der Waals surface area contributed by atoms with Crippen molar-refractivity contribution in [2.24, 2.45) is 7.05 Å². The summed E-state index contributed by atoms with van der Waals surface area (Å²) in [5.41, 5.74) is 5.06. The SMILES string of the molecule is COc1cc(Br)cc2c1N(c1nc(C)cc3c1nnn3C)CC2. The van der Waals surface area contributed by atoms with Gasteiger partial charge in [0.1, 0.15) is 5.75 Å². The third kappa shape index (κ3) is 2.18. The smallest absolute Gasteiger partial charge is 0.163 e. The highest BCUT2D eigenvalue weighted by atomic mass is 79.9. The molecule has 1 aliphatic heterocycles. The summed E-state index contributed by atoms with van der Waals surface area (Å²) in [4.78, 5) is 6.92. The lowest BCUT2D eigenvalue weighted by molar-refractivity contribution is 0.415. The van der Waals surface area contributed by atoms with Gasteiger partial charge in [0.2, 0.25) is 0 Å². The summed E-state index contributed by atoms with van der Waals surface area (Å²) >= 11 is 3.55. The number of methoxy groups -OCH3 is 1. The fraction of sp³-hybridized carbons (Fsp3) is 0.312. The molecule has 3 aromatic rings. The standard InChI is InChI=1S/C16H16BrN5O/c1-9-6-12-14(19-20-21(12)2)16(18-9)22-5-4-10-7-11(17)8-13(23-3)15(10)22/h6-8H,4-5H2,1-3H3. The number of hydrogen-bond acceptors (Lipinski definition) is 5. The number of halogens is 1. The first kappa shape index (κ1) is 14.4. The number of benzene rings is 1. The molecular formula is C16H16BrN5O. The molecule has 23 heavy (non-hydrogen) atoms. The number of hydrogen-bond donors (Lipinski definition) is 0. The Labute approximate surface area is 142 Å². The van der Waals surface area contributed by atoms with Gasteiger partial charge in [-0.3, -0.25) is 0 Å². The fourth-order valence-electron chi connectivity index (χ4n) is 3.16. The minimum absolute atomic E-state index is 0.816. The monoisotopic (exact) mass is 373 g/mol. The van der Waals surface area contributed by atoms with Gasteiger partial charge in [-0.2, -0.15) is 0 Å². The molecular weight excluding hydrogens is 358 g/mol. The third-order valence-corrected chi connectivity index (χ3v) is 4.64. The van der Waals surface area contributed by atoms with Crippen molar-refractivity contribution in [3.05, 3.63) is 33.9 Å². The van der Waals surface area contributed by atoms with Gasteiger partial charge in [0, 0.05) is 23.8 Å². The minimum Gasteiger partial charge on any atom is -0.495 e. The Bertz CT molecular complexity index is 920. The maximum atomic E-state index is 5.60. The lowest BCUT2D eigenvalue weighted by Crippen LogP contribution is -2.16. The molecule has 0 spiro atoms. The highest BCUT2D eigenvalue weighted by Crippen LogP contribution is 2.44. The predicted molar refractivity (Wildman–Crippen MR) is 92.4 cm³/mol. The first-order valence-corrected chi connectivity index (χ1v) is 8.19. The van der Waals surface area contributed by atoms with Crippen LogP contribution in [0, 0.1) is 6.92 Å². The van der Waals surface area contributed by atoms with Gasteiger partial charge in [-0.15, -0.1) is 5.10 Å². The van der Waals surface area contributed by atoms with Crippen LogP contribution in [0.15, 0.2) is 22.7 Å². The Balaban J connectivity index is 1.96. The lowest BCUT2D eigenvalue weighted by Gasteiger charge is -2.21. The van der Waals surface area contributed by atoms with Crippen molar-refractivity contribution in [2.75, 3.05) is 18.6 Å². The second kappa shape index (κ2) is 5.19. The quantitative estimate of drug-likeness (QED) is 0.690. The molecule has 0 bridgehead atoms. The van der Waals surface area contributed by atoms with Crippen LogP contribution in [0.2, 0.25) is 0 Å². The van der Waals surface area contributed by atoms with Gasteiger partial charge in [-0.1, -0.05) is 21.1 Å². The Hall–Kier alpha value is -2.15. The van der Waals surface area contributed by atoms with E-state index in [0.717, 1.165) is 51.4 Å². The number of ether oxygens (including phenoxy) is 1.